The van der Waals surface area contributed by atoms with Crippen molar-refractivity contribution in [3.05, 3.63) is 28.2 Å². The van der Waals surface area contributed by atoms with E-state index in [1.807, 2.05) is 13.8 Å². The first-order valence-corrected chi connectivity index (χ1v) is 10.8. The number of methoxy groups -OCH3 is 1. The summed E-state index contributed by atoms with van der Waals surface area (Å²) >= 11 is 3.41. The zero-order valence-electron chi connectivity index (χ0n) is 17.6. The van der Waals surface area contributed by atoms with E-state index in [0.717, 1.165) is 6.42 Å². The van der Waals surface area contributed by atoms with Crippen molar-refractivity contribution in [1.82, 2.24) is 10.2 Å². The third-order valence-electron chi connectivity index (χ3n) is 4.63. The molecule has 2 amide bonds. The average Bonchev–Trinajstić information content (AvgIpc) is 2.70. The minimum atomic E-state index is -0.894. The molecule has 0 bridgehead atoms. The molecule has 1 N–H and O–H groups in total. The summed E-state index contributed by atoms with van der Waals surface area (Å²) in [6, 6.07) is 4.08. The maximum Gasteiger partial charge on any atom is 0.308 e. The van der Waals surface area contributed by atoms with Gasteiger partial charge in [0.05, 0.1) is 24.1 Å². The van der Waals surface area contributed by atoms with Gasteiger partial charge in [-0.2, -0.15) is 0 Å². The van der Waals surface area contributed by atoms with Crippen molar-refractivity contribution in [3.8, 4) is 5.75 Å². The highest BCUT2D eigenvalue weighted by Gasteiger charge is 2.35. The van der Waals surface area contributed by atoms with E-state index < -0.39 is 12.0 Å². The summed E-state index contributed by atoms with van der Waals surface area (Å²) in [6.07, 6.45) is 0.577. The number of rotatable bonds is 10. The average molecular weight is 485 g/mol. The number of benzene rings is 1. The number of nitrogens with zero attached hydrogens (tertiary/aromatic N) is 1. The molecule has 2 rings (SSSR count). The Hall–Kier alpha value is -2.13. The molecular weight excluding hydrogens is 456 g/mol. The highest BCUT2D eigenvalue weighted by Crippen LogP contribution is 2.27. The molecule has 0 aliphatic carbocycles. The zero-order valence-corrected chi connectivity index (χ0v) is 19.2. The van der Waals surface area contributed by atoms with Crippen LogP contribution in [-0.4, -0.2) is 68.7 Å². The van der Waals surface area contributed by atoms with Crippen molar-refractivity contribution in [2.45, 2.75) is 32.7 Å². The number of carbonyl (C=O) groups is 3. The summed E-state index contributed by atoms with van der Waals surface area (Å²) in [4.78, 5) is 39.1. The Balaban J connectivity index is 2.06. The maximum absolute atomic E-state index is 13.1. The minimum absolute atomic E-state index is 0.172. The summed E-state index contributed by atoms with van der Waals surface area (Å²) < 4.78 is 16.4. The number of piperazine rings is 1. The Morgan fingerprint density at radius 3 is 2.70 bits per heavy atom. The molecule has 1 fully saturated rings. The standard InChI is InChI=1S/C21H29BrN2O6/c1-14(2)6-9-30-19(25)13-17-20(26)23-7-8-24(17)21(27)15-4-5-18(16(22)12-15)29-11-10-28-3/h4-5,12,14,17H,6-11,13H2,1-3H3,(H,23,26). The number of amides is 2. The Morgan fingerprint density at radius 1 is 1.27 bits per heavy atom. The molecule has 0 radical (unpaired) electrons. The smallest absolute Gasteiger partial charge is 0.308 e. The van der Waals surface area contributed by atoms with Gasteiger partial charge in [-0.3, -0.25) is 14.4 Å². The lowest BCUT2D eigenvalue weighted by atomic mass is 10.1. The second-order valence-corrected chi connectivity index (χ2v) is 8.25. The van der Waals surface area contributed by atoms with Crippen molar-refractivity contribution in [2.75, 3.05) is 40.0 Å². The quantitative estimate of drug-likeness (QED) is 0.404. The van der Waals surface area contributed by atoms with Crippen LogP contribution in [-0.2, 0) is 19.1 Å². The van der Waals surface area contributed by atoms with Crippen LogP contribution >= 0.6 is 15.9 Å². The molecule has 1 unspecified atom stereocenters. The van der Waals surface area contributed by atoms with Gasteiger partial charge in [-0.15, -0.1) is 0 Å². The first kappa shape index (κ1) is 24.1. The lowest BCUT2D eigenvalue weighted by Crippen LogP contribution is -2.57. The molecule has 30 heavy (non-hydrogen) atoms. The van der Waals surface area contributed by atoms with E-state index in [9.17, 15) is 14.4 Å². The third-order valence-corrected chi connectivity index (χ3v) is 5.25. The molecule has 8 nitrogen and oxygen atoms in total. The van der Waals surface area contributed by atoms with E-state index in [2.05, 4.69) is 21.2 Å². The Bertz CT molecular complexity index is 755. The van der Waals surface area contributed by atoms with Gasteiger partial charge in [0.2, 0.25) is 5.91 Å². The molecule has 1 aliphatic heterocycles. The van der Waals surface area contributed by atoms with Gasteiger partial charge in [-0.05, 0) is 46.5 Å². The maximum atomic E-state index is 13.1. The van der Waals surface area contributed by atoms with Gasteiger partial charge in [0.1, 0.15) is 18.4 Å². The predicted octanol–water partition coefficient (Wildman–Crippen LogP) is 2.39. The highest BCUT2D eigenvalue weighted by atomic mass is 79.9. The number of carbonyl (C=O) groups excluding carboxylic acids is 3. The van der Waals surface area contributed by atoms with E-state index in [1.165, 1.54) is 4.90 Å². The van der Waals surface area contributed by atoms with Crippen molar-refractivity contribution < 1.29 is 28.6 Å². The van der Waals surface area contributed by atoms with E-state index in [1.54, 1.807) is 25.3 Å². The predicted molar refractivity (Wildman–Crippen MR) is 114 cm³/mol. The second kappa shape index (κ2) is 11.9. The molecule has 0 aromatic heterocycles. The van der Waals surface area contributed by atoms with Crippen molar-refractivity contribution >= 4 is 33.7 Å². The summed E-state index contributed by atoms with van der Waals surface area (Å²) in [7, 11) is 1.59. The number of halogens is 1. The van der Waals surface area contributed by atoms with Gasteiger partial charge in [-0.25, -0.2) is 0 Å². The van der Waals surface area contributed by atoms with Gasteiger partial charge < -0.3 is 24.4 Å². The second-order valence-electron chi connectivity index (χ2n) is 7.40. The fourth-order valence-electron chi connectivity index (χ4n) is 2.94. The molecule has 0 spiro atoms. The first-order chi connectivity index (χ1) is 14.3. The summed E-state index contributed by atoms with van der Waals surface area (Å²) in [5.74, 6) is -0.166. The van der Waals surface area contributed by atoms with Crippen LogP contribution in [0, 0.1) is 5.92 Å². The van der Waals surface area contributed by atoms with Gasteiger partial charge in [0.25, 0.3) is 5.91 Å². The Labute approximate surface area is 185 Å². The van der Waals surface area contributed by atoms with E-state index in [-0.39, 0.29) is 18.2 Å². The number of nitrogens with one attached hydrogen (secondary N) is 1. The lowest BCUT2D eigenvalue weighted by Gasteiger charge is -2.34. The number of hydrogen-bond donors (Lipinski definition) is 1. The molecule has 1 heterocycles. The molecule has 0 saturated carbocycles. The van der Waals surface area contributed by atoms with Gasteiger partial charge >= 0.3 is 5.97 Å². The van der Waals surface area contributed by atoms with Gasteiger partial charge in [0, 0.05) is 25.8 Å². The van der Waals surface area contributed by atoms with Crippen LogP contribution in [0.1, 0.15) is 37.0 Å². The van der Waals surface area contributed by atoms with Crippen LogP contribution in [0.5, 0.6) is 5.75 Å². The van der Waals surface area contributed by atoms with Crippen molar-refractivity contribution in [1.29, 1.82) is 0 Å². The summed E-state index contributed by atoms with van der Waals surface area (Å²) in [6.45, 7) is 5.86. The SMILES string of the molecule is COCCOc1ccc(C(=O)N2CCNC(=O)C2CC(=O)OCCC(C)C)cc1Br. The number of esters is 1. The molecule has 1 atom stereocenters. The molecule has 1 aromatic carbocycles. The lowest BCUT2D eigenvalue weighted by molar-refractivity contribution is -0.148. The van der Waals surface area contributed by atoms with Crippen molar-refractivity contribution in [2.24, 2.45) is 5.92 Å². The van der Waals surface area contributed by atoms with Gasteiger partial charge in [-0.1, -0.05) is 13.8 Å². The third kappa shape index (κ3) is 6.98. The molecule has 9 heteroatoms. The number of ether oxygens (including phenoxy) is 3. The zero-order chi connectivity index (χ0) is 22.1. The van der Waals surface area contributed by atoms with Gasteiger partial charge in [0.15, 0.2) is 0 Å². The van der Waals surface area contributed by atoms with E-state index in [0.29, 0.717) is 54.6 Å². The fourth-order valence-corrected chi connectivity index (χ4v) is 3.43. The largest absolute Gasteiger partial charge is 0.490 e. The van der Waals surface area contributed by atoms with Crippen LogP contribution in [0.4, 0.5) is 0 Å². The first-order valence-electron chi connectivity index (χ1n) is 9.99. The Kier molecular flexibility index (Phi) is 9.58. The molecule has 1 aliphatic rings. The fraction of sp³-hybridized carbons (Fsp3) is 0.571. The van der Waals surface area contributed by atoms with Crippen LogP contribution < -0.4 is 10.1 Å². The molecule has 166 valence electrons. The Morgan fingerprint density at radius 2 is 2.03 bits per heavy atom. The highest BCUT2D eigenvalue weighted by molar-refractivity contribution is 9.10. The minimum Gasteiger partial charge on any atom is -0.490 e. The van der Waals surface area contributed by atoms with Crippen LogP contribution in [0.2, 0.25) is 0 Å². The summed E-state index contributed by atoms with van der Waals surface area (Å²) in [5, 5.41) is 2.72. The topological polar surface area (TPSA) is 94.2 Å². The number of hydrogen-bond acceptors (Lipinski definition) is 6. The van der Waals surface area contributed by atoms with Crippen LogP contribution in [0.15, 0.2) is 22.7 Å². The van der Waals surface area contributed by atoms with Crippen LogP contribution in [0.25, 0.3) is 0 Å². The monoisotopic (exact) mass is 484 g/mol. The molecular formula is C21H29BrN2O6. The normalized spacial score (nSPS) is 16.4. The van der Waals surface area contributed by atoms with Crippen molar-refractivity contribution in [3.63, 3.8) is 0 Å². The molecule has 1 saturated heterocycles. The van der Waals surface area contributed by atoms with Crippen LogP contribution in [0.3, 0.4) is 0 Å². The summed E-state index contributed by atoms with van der Waals surface area (Å²) in [5.41, 5.74) is 0.397. The van der Waals surface area contributed by atoms with E-state index in [4.69, 9.17) is 14.2 Å². The van der Waals surface area contributed by atoms with E-state index >= 15 is 0 Å². The molecule has 1 aromatic rings.